The lowest BCUT2D eigenvalue weighted by Crippen LogP contribution is -2.41. The van der Waals surface area contributed by atoms with Gasteiger partial charge >= 0.3 is 0 Å². The van der Waals surface area contributed by atoms with Gasteiger partial charge in [-0.2, -0.15) is 0 Å². The maximum absolute atomic E-state index is 12.3. The third-order valence-corrected chi connectivity index (χ3v) is 4.86. The first-order valence-corrected chi connectivity index (χ1v) is 8.68. The molecule has 1 amide bonds. The highest BCUT2D eigenvalue weighted by molar-refractivity contribution is 6.07. The number of para-hydroxylation sites is 1. The number of hydrogen-bond acceptors (Lipinski definition) is 2. The van der Waals surface area contributed by atoms with E-state index in [9.17, 15) is 4.79 Å². The Bertz CT molecular complexity index is 878. The van der Waals surface area contributed by atoms with Gasteiger partial charge in [0.2, 0.25) is 0 Å². The Labute approximate surface area is 141 Å². The van der Waals surface area contributed by atoms with Crippen LogP contribution in [0.1, 0.15) is 32.6 Å². The lowest BCUT2D eigenvalue weighted by molar-refractivity contribution is -0.127. The van der Waals surface area contributed by atoms with Crippen LogP contribution in [0.4, 0.5) is 0 Å². The van der Waals surface area contributed by atoms with Gasteiger partial charge in [0, 0.05) is 28.4 Å². The molecule has 4 nitrogen and oxygen atoms in total. The molecule has 3 aromatic rings. The van der Waals surface area contributed by atoms with E-state index < -0.39 is 6.10 Å². The number of rotatable bonds is 4. The van der Waals surface area contributed by atoms with Crippen molar-refractivity contribution in [3.05, 3.63) is 42.5 Å². The Morgan fingerprint density at radius 3 is 2.71 bits per heavy atom. The fourth-order valence-corrected chi connectivity index (χ4v) is 3.55. The smallest absolute Gasteiger partial charge is 0.260 e. The SMILES string of the molecule is CC(Oc1ccc2c(c1)[nH]c1ccccc12)C(=O)NC1CCCC1. The normalized spacial score (nSPS) is 16.5. The second-order valence-corrected chi connectivity index (χ2v) is 6.63. The van der Waals surface area contributed by atoms with E-state index in [4.69, 9.17) is 4.74 Å². The largest absolute Gasteiger partial charge is 0.481 e. The molecule has 1 saturated carbocycles. The van der Waals surface area contributed by atoms with Crippen molar-refractivity contribution in [3.8, 4) is 5.75 Å². The number of aromatic nitrogens is 1. The van der Waals surface area contributed by atoms with Crippen molar-refractivity contribution < 1.29 is 9.53 Å². The number of aromatic amines is 1. The predicted molar refractivity (Wildman–Crippen MR) is 96.3 cm³/mol. The molecular weight excluding hydrogens is 300 g/mol. The van der Waals surface area contributed by atoms with Crippen molar-refractivity contribution in [2.45, 2.75) is 44.8 Å². The topological polar surface area (TPSA) is 54.1 Å². The summed E-state index contributed by atoms with van der Waals surface area (Å²) in [5.41, 5.74) is 2.13. The highest BCUT2D eigenvalue weighted by Gasteiger charge is 2.21. The molecule has 1 fully saturated rings. The van der Waals surface area contributed by atoms with Crippen molar-refractivity contribution in [2.24, 2.45) is 0 Å². The van der Waals surface area contributed by atoms with E-state index in [1.54, 1.807) is 6.92 Å². The molecule has 4 rings (SSSR count). The van der Waals surface area contributed by atoms with Gasteiger partial charge in [0.25, 0.3) is 5.91 Å². The number of fused-ring (bicyclic) bond motifs is 3. The molecule has 0 radical (unpaired) electrons. The van der Waals surface area contributed by atoms with Gasteiger partial charge in [0.05, 0.1) is 5.52 Å². The van der Waals surface area contributed by atoms with E-state index >= 15 is 0 Å². The maximum atomic E-state index is 12.3. The Morgan fingerprint density at radius 1 is 1.12 bits per heavy atom. The molecule has 1 heterocycles. The Balaban J connectivity index is 1.51. The number of carbonyl (C=O) groups is 1. The quantitative estimate of drug-likeness (QED) is 0.758. The summed E-state index contributed by atoms with van der Waals surface area (Å²) in [6, 6.07) is 14.5. The molecule has 1 aromatic heterocycles. The number of benzene rings is 2. The van der Waals surface area contributed by atoms with Gasteiger partial charge in [-0.3, -0.25) is 4.79 Å². The molecule has 1 aliphatic rings. The standard InChI is InChI=1S/C20H22N2O2/c1-13(20(23)21-14-6-2-3-7-14)24-15-10-11-17-16-8-4-5-9-18(16)22-19(17)12-15/h4-5,8-14,22H,2-3,6-7H2,1H3,(H,21,23). The zero-order chi connectivity index (χ0) is 16.5. The van der Waals surface area contributed by atoms with Crippen LogP contribution in [0.2, 0.25) is 0 Å². The van der Waals surface area contributed by atoms with Gasteiger partial charge in [-0.25, -0.2) is 0 Å². The number of ether oxygens (including phenoxy) is 1. The number of hydrogen-bond donors (Lipinski definition) is 2. The summed E-state index contributed by atoms with van der Waals surface area (Å²) in [7, 11) is 0. The van der Waals surface area contributed by atoms with E-state index in [1.807, 2.05) is 30.3 Å². The second kappa shape index (κ2) is 6.19. The molecule has 4 heteroatoms. The van der Waals surface area contributed by atoms with Crippen LogP contribution in [-0.2, 0) is 4.79 Å². The van der Waals surface area contributed by atoms with Crippen molar-refractivity contribution in [3.63, 3.8) is 0 Å². The molecule has 24 heavy (non-hydrogen) atoms. The monoisotopic (exact) mass is 322 g/mol. The van der Waals surface area contributed by atoms with Gasteiger partial charge in [-0.15, -0.1) is 0 Å². The molecule has 2 aromatic carbocycles. The van der Waals surface area contributed by atoms with Crippen molar-refractivity contribution in [1.29, 1.82) is 0 Å². The van der Waals surface area contributed by atoms with Gasteiger partial charge in [-0.1, -0.05) is 31.0 Å². The average molecular weight is 322 g/mol. The number of nitrogens with one attached hydrogen (secondary N) is 2. The Kier molecular flexibility index (Phi) is 3.89. The fourth-order valence-electron chi connectivity index (χ4n) is 3.55. The molecule has 2 N–H and O–H groups in total. The van der Waals surface area contributed by atoms with Crippen LogP contribution in [-0.4, -0.2) is 23.0 Å². The highest BCUT2D eigenvalue weighted by atomic mass is 16.5. The number of carbonyl (C=O) groups excluding carboxylic acids is 1. The Hall–Kier alpha value is -2.49. The summed E-state index contributed by atoms with van der Waals surface area (Å²) in [6.45, 7) is 1.81. The summed E-state index contributed by atoms with van der Waals surface area (Å²) in [6.07, 6.45) is 4.08. The van der Waals surface area contributed by atoms with Gasteiger partial charge in [-0.05, 0) is 38.0 Å². The molecule has 0 spiro atoms. The van der Waals surface area contributed by atoms with Crippen LogP contribution in [0.25, 0.3) is 21.8 Å². The number of H-pyrrole nitrogens is 1. The molecule has 1 aliphatic carbocycles. The molecule has 0 aliphatic heterocycles. The average Bonchev–Trinajstić information content (AvgIpc) is 3.21. The molecular formula is C20H22N2O2. The van der Waals surface area contributed by atoms with Crippen molar-refractivity contribution >= 4 is 27.7 Å². The third-order valence-electron chi connectivity index (χ3n) is 4.86. The molecule has 124 valence electrons. The van der Waals surface area contributed by atoms with Crippen molar-refractivity contribution in [2.75, 3.05) is 0 Å². The second-order valence-electron chi connectivity index (χ2n) is 6.63. The molecule has 1 atom stereocenters. The van der Waals surface area contributed by atoms with Gasteiger partial charge < -0.3 is 15.0 Å². The van der Waals surface area contributed by atoms with E-state index in [2.05, 4.69) is 22.4 Å². The van der Waals surface area contributed by atoms with Crippen LogP contribution in [0, 0.1) is 0 Å². The summed E-state index contributed by atoms with van der Waals surface area (Å²) in [5.74, 6) is 0.682. The minimum absolute atomic E-state index is 0.0290. The lowest BCUT2D eigenvalue weighted by atomic mass is 10.1. The summed E-state index contributed by atoms with van der Waals surface area (Å²) < 4.78 is 5.86. The van der Waals surface area contributed by atoms with Crippen LogP contribution < -0.4 is 10.1 Å². The molecule has 1 unspecified atom stereocenters. The van der Waals surface area contributed by atoms with E-state index in [0.29, 0.717) is 11.8 Å². The van der Waals surface area contributed by atoms with Gasteiger partial charge in [0.1, 0.15) is 5.75 Å². The molecule has 0 saturated heterocycles. The van der Waals surface area contributed by atoms with E-state index in [0.717, 1.165) is 23.9 Å². The minimum atomic E-state index is -0.493. The zero-order valence-electron chi connectivity index (χ0n) is 13.8. The van der Waals surface area contributed by atoms with E-state index in [1.165, 1.54) is 23.6 Å². The maximum Gasteiger partial charge on any atom is 0.260 e. The first kappa shape index (κ1) is 15.1. The van der Waals surface area contributed by atoms with Crippen LogP contribution in [0.3, 0.4) is 0 Å². The first-order valence-electron chi connectivity index (χ1n) is 8.68. The fraction of sp³-hybridized carbons (Fsp3) is 0.350. The minimum Gasteiger partial charge on any atom is -0.481 e. The number of amides is 1. The van der Waals surface area contributed by atoms with Crippen molar-refractivity contribution in [1.82, 2.24) is 10.3 Å². The summed E-state index contributed by atoms with van der Waals surface area (Å²) in [4.78, 5) is 15.7. The predicted octanol–water partition coefficient (Wildman–Crippen LogP) is 4.15. The van der Waals surface area contributed by atoms with Gasteiger partial charge in [0.15, 0.2) is 6.10 Å². The highest BCUT2D eigenvalue weighted by Crippen LogP contribution is 2.28. The first-order chi connectivity index (χ1) is 11.7. The van der Waals surface area contributed by atoms with Crippen LogP contribution in [0.15, 0.2) is 42.5 Å². The summed E-state index contributed by atoms with van der Waals surface area (Å²) in [5, 5.41) is 5.45. The Morgan fingerprint density at radius 2 is 1.88 bits per heavy atom. The summed E-state index contributed by atoms with van der Waals surface area (Å²) >= 11 is 0. The lowest BCUT2D eigenvalue weighted by Gasteiger charge is -2.18. The molecule has 0 bridgehead atoms. The van der Waals surface area contributed by atoms with Crippen LogP contribution >= 0.6 is 0 Å². The third kappa shape index (κ3) is 2.84. The van der Waals surface area contributed by atoms with E-state index in [-0.39, 0.29) is 5.91 Å². The zero-order valence-corrected chi connectivity index (χ0v) is 13.8. The van der Waals surface area contributed by atoms with Crippen LogP contribution in [0.5, 0.6) is 5.75 Å².